The number of hydrogen-bond donors (Lipinski definition) is 2. The number of hydrogen-bond acceptors (Lipinski definition) is 3. The van der Waals surface area contributed by atoms with Crippen LogP contribution in [0.5, 0.6) is 0 Å². The van der Waals surface area contributed by atoms with E-state index in [1.54, 1.807) is 12.1 Å². The van der Waals surface area contributed by atoms with Gasteiger partial charge >= 0.3 is 0 Å². The monoisotopic (exact) mass is 332 g/mol. The lowest BCUT2D eigenvalue weighted by atomic mass is 10.1. The van der Waals surface area contributed by atoms with Crippen molar-refractivity contribution in [2.75, 3.05) is 11.1 Å². The Labute approximate surface area is 145 Å². The summed E-state index contributed by atoms with van der Waals surface area (Å²) in [6, 6.07) is 18.2. The van der Waals surface area contributed by atoms with Gasteiger partial charge in [-0.15, -0.1) is 0 Å². The van der Waals surface area contributed by atoms with Crippen LogP contribution < -0.4 is 11.1 Å². The van der Waals surface area contributed by atoms with Crippen LogP contribution in [0.2, 0.25) is 0 Å². The number of pyridine rings is 1. The Kier molecular flexibility index (Phi) is 3.82. The summed E-state index contributed by atoms with van der Waals surface area (Å²) >= 11 is 0. The van der Waals surface area contributed by atoms with Gasteiger partial charge in [0.25, 0.3) is 0 Å². The van der Waals surface area contributed by atoms with E-state index in [1.807, 2.05) is 59.4 Å². The number of benzene rings is 2. The number of para-hydroxylation sites is 2. The van der Waals surface area contributed by atoms with Gasteiger partial charge in [0.15, 0.2) is 0 Å². The molecule has 0 spiro atoms. The van der Waals surface area contributed by atoms with E-state index < -0.39 is 0 Å². The van der Waals surface area contributed by atoms with Crippen LogP contribution >= 0.6 is 0 Å². The number of nitrogens with zero attached hydrogens (tertiary/aromatic N) is 2. The lowest BCUT2D eigenvalue weighted by Gasteiger charge is -2.12. The van der Waals surface area contributed by atoms with Crippen LogP contribution in [0, 0.1) is 5.82 Å². The molecule has 0 atom stereocenters. The van der Waals surface area contributed by atoms with Gasteiger partial charge in [-0.25, -0.2) is 9.37 Å². The average Bonchev–Trinajstić information content (AvgIpc) is 3.04. The highest BCUT2D eigenvalue weighted by Gasteiger charge is 2.13. The van der Waals surface area contributed by atoms with Crippen molar-refractivity contribution in [3.8, 4) is 22.5 Å². The minimum atomic E-state index is -0.264. The SMILES string of the molecule is Nc1ccccc1NCn1ccc2cc(-c3ccccc3F)nc-2c1. The zero-order valence-corrected chi connectivity index (χ0v) is 13.5. The van der Waals surface area contributed by atoms with Crippen molar-refractivity contribution in [2.24, 2.45) is 0 Å². The second kappa shape index (κ2) is 6.28. The molecule has 0 fully saturated rings. The van der Waals surface area contributed by atoms with Crippen LogP contribution in [0.15, 0.2) is 73.1 Å². The molecular formula is C20H17FN4. The Bertz CT molecular complexity index is 992. The van der Waals surface area contributed by atoms with Crippen molar-refractivity contribution >= 4 is 11.4 Å². The van der Waals surface area contributed by atoms with Crippen LogP contribution in [0.3, 0.4) is 0 Å². The fourth-order valence-corrected chi connectivity index (χ4v) is 2.80. The Hall–Kier alpha value is -3.34. The van der Waals surface area contributed by atoms with E-state index in [9.17, 15) is 4.39 Å². The van der Waals surface area contributed by atoms with Gasteiger partial charge in [0.1, 0.15) is 5.82 Å². The van der Waals surface area contributed by atoms with Crippen molar-refractivity contribution in [3.05, 3.63) is 78.9 Å². The number of anilines is 2. The predicted octanol–water partition coefficient (Wildman–Crippen LogP) is 4.45. The summed E-state index contributed by atoms with van der Waals surface area (Å²) in [6.07, 6.45) is 3.90. The summed E-state index contributed by atoms with van der Waals surface area (Å²) in [6.45, 7) is 0.562. The predicted molar refractivity (Wildman–Crippen MR) is 98.7 cm³/mol. The molecule has 3 N–H and O–H groups in total. The highest BCUT2D eigenvalue weighted by atomic mass is 19.1. The highest BCUT2D eigenvalue weighted by Crippen LogP contribution is 2.29. The Morgan fingerprint density at radius 1 is 1.00 bits per heavy atom. The lowest BCUT2D eigenvalue weighted by Crippen LogP contribution is -2.09. The summed E-state index contributed by atoms with van der Waals surface area (Å²) in [5.74, 6) is -0.264. The van der Waals surface area contributed by atoms with Crippen LogP contribution in [0.1, 0.15) is 0 Å². The van der Waals surface area contributed by atoms with Crippen LogP contribution in [-0.4, -0.2) is 9.55 Å². The van der Waals surface area contributed by atoms with Crippen LogP contribution in [-0.2, 0) is 6.67 Å². The van der Waals surface area contributed by atoms with Gasteiger partial charge in [-0.05, 0) is 36.4 Å². The normalized spacial score (nSPS) is 10.9. The molecule has 0 radical (unpaired) electrons. The van der Waals surface area contributed by atoms with Gasteiger partial charge < -0.3 is 15.6 Å². The van der Waals surface area contributed by atoms with E-state index in [0.717, 1.165) is 16.9 Å². The molecule has 2 aromatic rings. The zero-order valence-electron chi connectivity index (χ0n) is 13.5. The van der Waals surface area contributed by atoms with E-state index in [2.05, 4.69) is 10.3 Å². The molecule has 124 valence electrons. The van der Waals surface area contributed by atoms with Gasteiger partial charge in [0, 0.05) is 23.5 Å². The standard InChI is InChI=1S/C20H17FN4/c21-16-6-2-1-5-15(16)19-11-14-9-10-25(12-20(14)24-19)13-23-18-8-4-3-7-17(18)22/h1-12,23H,13,22H2. The molecule has 0 saturated heterocycles. The molecule has 2 aromatic carbocycles. The fraction of sp³-hybridized carbons (Fsp3) is 0.0500. The number of nitrogens with two attached hydrogens (primary N) is 1. The molecule has 0 saturated carbocycles. The molecule has 5 heteroatoms. The number of halogens is 1. The topological polar surface area (TPSA) is 55.9 Å². The van der Waals surface area contributed by atoms with Crippen LogP contribution in [0.4, 0.5) is 15.8 Å². The Morgan fingerprint density at radius 3 is 2.64 bits per heavy atom. The maximum atomic E-state index is 14.0. The van der Waals surface area contributed by atoms with Crippen molar-refractivity contribution < 1.29 is 4.39 Å². The van der Waals surface area contributed by atoms with E-state index in [0.29, 0.717) is 23.6 Å². The zero-order chi connectivity index (χ0) is 17.2. The number of fused-ring (bicyclic) bond motifs is 1. The van der Waals surface area contributed by atoms with Gasteiger partial charge in [0.2, 0.25) is 0 Å². The molecular weight excluding hydrogens is 315 g/mol. The number of nitrogen functional groups attached to an aromatic ring is 1. The van der Waals surface area contributed by atoms with E-state index in [1.165, 1.54) is 6.07 Å². The van der Waals surface area contributed by atoms with Gasteiger partial charge in [0.05, 0.1) is 29.4 Å². The average molecular weight is 332 g/mol. The third-order valence-corrected chi connectivity index (χ3v) is 4.13. The summed E-state index contributed by atoms with van der Waals surface area (Å²) in [4.78, 5) is 4.56. The van der Waals surface area contributed by atoms with Crippen molar-refractivity contribution in [2.45, 2.75) is 6.67 Å². The molecule has 0 unspecified atom stereocenters. The number of nitrogens with one attached hydrogen (secondary N) is 1. The van der Waals surface area contributed by atoms with Gasteiger partial charge in [-0.2, -0.15) is 0 Å². The first-order chi connectivity index (χ1) is 12.2. The lowest BCUT2D eigenvalue weighted by molar-refractivity contribution is 0.631. The minimum absolute atomic E-state index is 0.264. The second-order valence-corrected chi connectivity index (χ2v) is 5.84. The third kappa shape index (κ3) is 3.04. The molecule has 0 aromatic heterocycles. The maximum Gasteiger partial charge on any atom is 0.132 e. The molecule has 0 bridgehead atoms. The fourth-order valence-electron chi connectivity index (χ4n) is 2.80. The summed E-state index contributed by atoms with van der Waals surface area (Å²) in [7, 11) is 0. The Balaban J connectivity index is 1.60. The minimum Gasteiger partial charge on any atom is -0.397 e. The summed E-state index contributed by atoms with van der Waals surface area (Å²) in [5, 5.41) is 3.29. The smallest absolute Gasteiger partial charge is 0.132 e. The molecule has 25 heavy (non-hydrogen) atoms. The highest BCUT2D eigenvalue weighted by molar-refractivity contribution is 5.73. The first-order valence-electron chi connectivity index (χ1n) is 8.00. The quantitative estimate of drug-likeness (QED) is 0.543. The van der Waals surface area contributed by atoms with E-state index in [4.69, 9.17) is 5.73 Å². The van der Waals surface area contributed by atoms with Gasteiger partial charge in [-0.3, -0.25) is 0 Å². The van der Waals surface area contributed by atoms with Crippen molar-refractivity contribution in [3.63, 3.8) is 0 Å². The van der Waals surface area contributed by atoms with E-state index in [-0.39, 0.29) is 5.82 Å². The molecule has 4 rings (SSSR count). The molecule has 2 heterocycles. The second-order valence-electron chi connectivity index (χ2n) is 5.84. The first-order valence-corrected chi connectivity index (χ1v) is 8.00. The Morgan fingerprint density at radius 2 is 1.80 bits per heavy atom. The van der Waals surface area contributed by atoms with Crippen LogP contribution in [0.25, 0.3) is 22.5 Å². The summed E-state index contributed by atoms with van der Waals surface area (Å²) < 4.78 is 15.9. The molecule has 0 amide bonds. The van der Waals surface area contributed by atoms with Crippen molar-refractivity contribution in [1.82, 2.24) is 9.55 Å². The largest absolute Gasteiger partial charge is 0.397 e. The number of aromatic nitrogens is 2. The third-order valence-electron chi connectivity index (χ3n) is 4.13. The first kappa shape index (κ1) is 15.2. The summed E-state index contributed by atoms with van der Waals surface area (Å²) in [5.41, 5.74) is 10.5. The van der Waals surface area contributed by atoms with Crippen molar-refractivity contribution in [1.29, 1.82) is 0 Å². The molecule has 2 aliphatic heterocycles. The molecule has 0 aliphatic carbocycles. The molecule has 2 aliphatic rings. The van der Waals surface area contributed by atoms with E-state index >= 15 is 0 Å². The maximum absolute atomic E-state index is 14.0. The van der Waals surface area contributed by atoms with Gasteiger partial charge in [-0.1, -0.05) is 24.3 Å². The number of rotatable bonds is 4. The molecule has 4 nitrogen and oxygen atoms in total.